The Hall–Kier alpha value is -2.52. The summed E-state index contributed by atoms with van der Waals surface area (Å²) in [6, 6.07) is 25.9. The second-order valence-electron chi connectivity index (χ2n) is 6.97. The van der Waals surface area contributed by atoms with E-state index in [-0.39, 0.29) is 11.3 Å². The fraction of sp³-hybridized carbons (Fsp3) is 0.208. The summed E-state index contributed by atoms with van der Waals surface area (Å²) >= 11 is 1.85. The number of thioether (sulfide) groups is 1. The number of hydrogen-bond acceptors (Lipinski definition) is 3. The largest absolute Gasteiger partial charge is 0.497 e. The molecule has 4 rings (SSSR count). The van der Waals surface area contributed by atoms with Gasteiger partial charge in [-0.25, -0.2) is 0 Å². The summed E-state index contributed by atoms with van der Waals surface area (Å²) in [6.45, 7) is 4.23. The Morgan fingerprint density at radius 1 is 0.741 bits per heavy atom. The predicted molar refractivity (Wildman–Crippen MR) is 115 cm³/mol. The minimum absolute atomic E-state index is 0.111. The van der Waals surface area contributed by atoms with Crippen LogP contribution in [0.3, 0.4) is 0 Å². The minimum atomic E-state index is 0.111. The first kappa shape index (κ1) is 17.9. The van der Waals surface area contributed by atoms with Crippen molar-refractivity contribution in [2.75, 3.05) is 7.11 Å². The molecule has 27 heavy (non-hydrogen) atoms. The average Bonchev–Trinajstić information content (AvgIpc) is 3.14. The Morgan fingerprint density at radius 2 is 1.30 bits per heavy atom. The third-order valence-corrected chi connectivity index (χ3v) is 6.29. The Morgan fingerprint density at radius 3 is 1.89 bits per heavy atom. The van der Waals surface area contributed by atoms with E-state index in [9.17, 15) is 0 Å². The average molecular weight is 374 g/mol. The van der Waals surface area contributed by atoms with Crippen LogP contribution in [0.25, 0.3) is 0 Å². The quantitative estimate of drug-likeness (QED) is 0.536. The Bertz CT molecular complexity index is 943. The van der Waals surface area contributed by atoms with Gasteiger partial charge in [-0.05, 0) is 37.1 Å². The lowest BCUT2D eigenvalue weighted by atomic mass is 9.98. The predicted octanol–water partition coefficient (Wildman–Crippen LogP) is 6.29. The van der Waals surface area contributed by atoms with Crippen LogP contribution < -0.4 is 4.74 Å². The SMILES string of the molecule is COc1ccc(C2SC(c3ccc(C)cc3)=NC2c2ccc(C)cc2)cc1. The van der Waals surface area contributed by atoms with Crippen molar-refractivity contribution in [1.29, 1.82) is 0 Å². The normalized spacial score (nSPS) is 19.0. The van der Waals surface area contributed by atoms with E-state index in [1.54, 1.807) is 7.11 Å². The molecule has 136 valence electrons. The molecule has 2 nitrogen and oxygen atoms in total. The van der Waals surface area contributed by atoms with Gasteiger partial charge in [-0.1, -0.05) is 83.6 Å². The van der Waals surface area contributed by atoms with E-state index >= 15 is 0 Å². The van der Waals surface area contributed by atoms with Crippen molar-refractivity contribution in [3.8, 4) is 5.75 Å². The molecule has 0 bridgehead atoms. The van der Waals surface area contributed by atoms with Crippen LogP contribution >= 0.6 is 11.8 Å². The van der Waals surface area contributed by atoms with E-state index in [0.29, 0.717) is 0 Å². The number of hydrogen-bond donors (Lipinski definition) is 0. The third-order valence-electron chi connectivity index (χ3n) is 4.94. The first-order valence-electron chi connectivity index (χ1n) is 9.16. The molecule has 3 aromatic carbocycles. The Labute approximate surface area is 165 Å². The van der Waals surface area contributed by atoms with E-state index in [2.05, 4.69) is 74.5 Å². The molecule has 3 aromatic rings. The van der Waals surface area contributed by atoms with E-state index in [4.69, 9.17) is 9.73 Å². The van der Waals surface area contributed by atoms with Crippen molar-refractivity contribution < 1.29 is 4.74 Å². The van der Waals surface area contributed by atoms with Crippen LogP contribution in [0.2, 0.25) is 0 Å². The fourth-order valence-electron chi connectivity index (χ4n) is 3.30. The lowest BCUT2D eigenvalue weighted by Gasteiger charge is -2.18. The summed E-state index contributed by atoms with van der Waals surface area (Å²) < 4.78 is 5.32. The van der Waals surface area contributed by atoms with Gasteiger partial charge in [-0.15, -0.1) is 0 Å². The number of ether oxygens (including phenoxy) is 1. The van der Waals surface area contributed by atoms with E-state index in [1.807, 2.05) is 23.9 Å². The van der Waals surface area contributed by atoms with E-state index in [1.165, 1.54) is 27.8 Å². The smallest absolute Gasteiger partial charge is 0.118 e. The van der Waals surface area contributed by atoms with Gasteiger partial charge in [0.1, 0.15) is 5.75 Å². The van der Waals surface area contributed by atoms with Gasteiger partial charge < -0.3 is 4.74 Å². The molecule has 1 aliphatic heterocycles. The second-order valence-corrected chi connectivity index (χ2v) is 8.10. The summed E-state index contributed by atoms with van der Waals surface area (Å²) in [4.78, 5) is 5.14. The maximum atomic E-state index is 5.32. The minimum Gasteiger partial charge on any atom is -0.497 e. The molecule has 2 unspecified atom stereocenters. The highest BCUT2D eigenvalue weighted by Gasteiger charge is 2.33. The molecule has 0 aliphatic carbocycles. The number of rotatable bonds is 4. The van der Waals surface area contributed by atoms with Gasteiger partial charge in [0.05, 0.1) is 23.4 Å². The molecule has 3 heteroatoms. The van der Waals surface area contributed by atoms with Gasteiger partial charge >= 0.3 is 0 Å². The lowest BCUT2D eigenvalue weighted by molar-refractivity contribution is 0.414. The molecule has 0 saturated carbocycles. The standard InChI is InChI=1S/C24H23NOS/c1-16-4-8-18(9-5-16)22-23(19-12-14-21(26-3)15-13-19)27-24(25-22)20-10-6-17(2)7-11-20/h4-15,22-23H,1-3H3. The number of nitrogens with zero attached hydrogens (tertiary/aromatic N) is 1. The highest BCUT2D eigenvalue weighted by molar-refractivity contribution is 8.14. The van der Waals surface area contributed by atoms with Crippen LogP contribution in [-0.2, 0) is 0 Å². The summed E-state index contributed by atoms with van der Waals surface area (Å²) in [5.41, 5.74) is 6.27. The molecule has 0 aromatic heterocycles. The highest BCUT2D eigenvalue weighted by Crippen LogP contribution is 2.50. The van der Waals surface area contributed by atoms with Crippen LogP contribution in [0.4, 0.5) is 0 Å². The number of aliphatic imine (C=N–C) groups is 1. The van der Waals surface area contributed by atoms with Crippen LogP contribution in [0.15, 0.2) is 77.8 Å². The topological polar surface area (TPSA) is 21.6 Å². The van der Waals surface area contributed by atoms with Gasteiger partial charge in [0.2, 0.25) is 0 Å². The van der Waals surface area contributed by atoms with Crippen molar-refractivity contribution in [2.45, 2.75) is 25.1 Å². The molecule has 1 aliphatic rings. The molecule has 0 saturated heterocycles. The molecular formula is C24H23NOS. The highest BCUT2D eigenvalue weighted by atomic mass is 32.2. The van der Waals surface area contributed by atoms with Gasteiger partial charge in [-0.3, -0.25) is 4.99 Å². The van der Waals surface area contributed by atoms with E-state index < -0.39 is 0 Å². The fourth-order valence-corrected chi connectivity index (χ4v) is 4.63. The number of methoxy groups -OCH3 is 1. The van der Waals surface area contributed by atoms with Crippen LogP contribution in [0.1, 0.15) is 39.1 Å². The van der Waals surface area contributed by atoms with Crippen molar-refractivity contribution in [3.05, 3.63) is 101 Å². The first-order chi connectivity index (χ1) is 13.1. The second kappa shape index (κ2) is 7.61. The zero-order valence-corrected chi connectivity index (χ0v) is 16.7. The van der Waals surface area contributed by atoms with Gasteiger partial charge in [0.25, 0.3) is 0 Å². The monoisotopic (exact) mass is 373 g/mol. The van der Waals surface area contributed by atoms with Gasteiger partial charge in [0.15, 0.2) is 0 Å². The molecule has 0 radical (unpaired) electrons. The molecule has 0 spiro atoms. The van der Waals surface area contributed by atoms with E-state index in [0.717, 1.165) is 10.8 Å². The summed E-state index contributed by atoms with van der Waals surface area (Å²) in [6.07, 6.45) is 0. The molecule has 0 fully saturated rings. The first-order valence-corrected chi connectivity index (χ1v) is 10.0. The molecule has 0 amide bonds. The maximum Gasteiger partial charge on any atom is 0.118 e. The molecule has 2 atom stereocenters. The molecule has 1 heterocycles. The van der Waals surface area contributed by atoms with Gasteiger partial charge in [-0.2, -0.15) is 0 Å². The van der Waals surface area contributed by atoms with Crippen molar-refractivity contribution in [1.82, 2.24) is 0 Å². The summed E-state index contributed by atoms with van der Waals surface area (Å²) in [5.74, 6) is 0.883. The maximum absolute atomic E-state index is 5.32. The van der Waals surface area contributed by atoms with Crippen LogP contribution in [0, 0.1) is 13.8 Å². The summed E-state index contributed by atoms with van der Waals surface area (Å²) in [5, 5.41) is 1.37. The Balaban J connectivity index is 1.72. The molecular weight excluding hydrogens is 350 g/mol. The molecule has 0 N–H and O–H groups in total. The van der Waals surface area contributed by atoms with Crippen LogP contribution in [-0.4, -0.2) is 12.2 Å². The zero-order valence-electron chi connectivity index (χ0n) is 15.8. The third kappa shape index (κ3) is 3.79. The van der Waals surface area contributed by atoms with Crippen molar-refractivity contribution in [3.63, 3.8) is 0 Å². The number of benzene rings is 3. The van der Waals surface area contributed by atoms with Gasteiger partial charge in [0, 0.05) is 5.56 Å². The Kier molecular flexibility index (Phi) is 5.04. The lowest BCUT2D eigenvalue weighted by Crippen LogP contribution is -2.02. The zero-order chi connectivity index (χ0) is 18.8. The number of aryl methyl sites for hydroxylation is 2. The van der Waals surface area contributed by atoms with Crippen molar-refractivity contribution >= 4 is 16.8 Å². The summed E-state index contributed by atoms with van der Waals surface area (Å²) in [7, 11) is 1.70. The van der Waals surface area contributed by atoms with Crippen molar-refractivity contribution in [2.24, 2.45) is 4.99 Å². The van der Waals surface area contributed by atoms with Crippen LogP contribution in [0.5, 0.6) is 5.75 Å².